The maximum atomic E-state index is 13.2. The number of nitrogens with one attached hydrogen (secondary N) is 2. The van der Waals surface area contributed by atoms with E-state index in [4.69, 9.17) is 0 Å². The highest BCUT2D eigenvalue weighted by Crippen LogP contribution is 2.38. The number of aliphatic hydroxyl groups is 1. The molecule has 0 aliphatic carbocycles. The topological polar surface area (TPSA) is 114 Å². The summed E-state index contributed by atoms with van der Waals surface area (Å²) >= 11 is 0. The van der Waals surface area contributed by atoms with Crippen molar-refractivity contribution in [2.24, 2.45) is 0 Å². The number of H-pyrrole nitrogens is 1. The van der Waals surface area contributed by atoms with E-state index in [1.807, 2.05) is 6.07 Å². The van der Waals surface area contributed by atoms with Crippen LogP contribution in [-0.2, 0) is 19.6 Å². The zero-order chi connectivity index (χ0) is 25.2. The molecule has 0 spiro atoms. The van der Waals surface area contributed by atoms with Gasteiger partial charge in [0.2, 0.25) is 10.0 Å². The number of amides is 1. The number of hydrogen-bond acceptors (Lipinski definition) is 5. The van der Waals surface area contributed by atoms with E-state index >= 15 is 0 Å². The average molecular weight is 501 g/mol. The van der Waals surface area contributed by atoms with Crippen LogP contribution in [0.4, 0.5) is 0 Å². The molecule has 2 aromatic rings. The van der Waals surface area contributed by atoms with Gasteiger partial charge in [-0.15, -0.1) is 0 Å². The summed E-state index contributed by atoms with van der Waals surface area (Å²) in [5.41, 5.74) is 0.965. The third-order valence-corrected chi connectivity index (χ3v) is 8.59. The number of hydrogen-bond donors (Lipinski definition) is 2. The summed E-state index contributed by atoms with van der Waals surface area (Å²) in [5, 5.41) is 11.2. The number of nitrogens with zero attached hydrogens (tertiary/aromatic N) is 2. The Morgan fingerprint density at radius 3 is 2.40 bits per heavy atom. The smallest absolute Gasteiger partial charge is 0.295 e. The minimum absolute atomic E-state index is 0.00598. The minimum Gasteiger partial charge on any atom is -0.507 e. The monoisotopic (exact) mass is 500 g/mol. The number of aliphatic hydroxyl groups excluding tert-OH is 1. The van der Waals surface area contributed by atoms with Gasteiger partial charge in [0.1, 0.15) is 5.76 Å². The Labute approximate surface area is 205 Å². The van der Waals surface area contributed by atoms with E-state index in [0.717, 1.165) is 36.8 Å². The summed E-state index contributed by atoms with van der Waals surface area (Å²) in [4.78, 5) is 32.3. The Kier molecular flexibility index (Phi) is 7.34. The second-order valence-corrected chi connectivity index (χ2v) is 11.4. The molecule has 4 rings (SSSR count). The summed E-state index contributed by atoms with van der Waals surface area (Å²) in [6.45, 7) is 3.24. The molecule has 2 aliphatic heterocycles. The van der Waals surface area contributed by atoms with Crippen LogP contribution < -0.4 is 9.88 Å². The van der Waals surface area contributed by atoms with E-state index in [9.17, 15) is 23.1 Å². The predicted octanol–water partition coefficient (Wildman–Crippen LogP) is 0.242. The molecule has 2 saturated heterocycles. The predicted molar refractivity (Wildman–Crippen MR) is 129 cm³/mol. The van der Waals surface area contributed by atoms with Gasteiger partial charge >= 0.3 is 0 Å². The minimum atomic E-state index is -3.64. The first-order valence-electron chi connectivity index (χ1n) is 11.8. The number of pyridine rings is 1. The van der Waals surface area contributed by atoms with Gasteiger partial charge in [0.15, 0.2) is 12.4 Å². The first-order valence-corrected chi connectivity index (χ1v) is 13.3. The lowest BCUT2D eigenvalue weighted by Gasteiger charge is -2.28. The molecule has 1 amide bonds. The first-order chi connectivity index (χ1) is 16.7. The summed E-state index contributed by atoms with van der Waals surface area (Å²) in [7, 11) is -0.763. The number of sulfonamides is 1. The zero-order valence-electron chi connectivity index (χ0n) is 20.0. The van der Waals surface area contributed by atoms with Crippen LogP contribution in [-0.4, -0.2) is 74.7 Å². The average Bonchev–Trinajstić information content (AvgIpc) is 3.13. The number of carbonyl (C=O) groups excluding carboxylic acids is 2. The van der Waals surface area contributed by atoms with Crippen molar-refractivity contribution in [3.05, 3.63) is 65.5 Å². The molecule has 2 fully saturated rings. The number of Topliss-reactive ketones (excluding diaryl/α,β-unsaturated/α-hetero) is 1. The molecule has 10 heteroatoms. The fourth-order valence-corrected chi connectivity index (χ4v) is 5.67. The van der Waals surface area contributed by atoms with Gasteiger partial charge in [-0.3, -0.25) is 9.59 Å². The lowest BCUT2D eigenvalue weighted by atomic mass is 9.96. The molecular weight excluding hydrogens is 468 g/mol. The highest BCUT2D eigenvalue weighted by molar-refractivity contribution is 7.89. The lowest BCUT2D eigenvalue weighted by molar-refractivity contribution is -0.904. The number of aromatic amines is 1. The zero-order valence-corrected chi connectivity index (χ0v) is 20.8. The highest BCUT2D eigenvalue weighted by atomic mass is 32.2. The Morgan fingerprint density at radius 2 is 1.80 bits per heavy atom. The molecule has 35 heavy (non-hydrogen) atoms. The lowest BCUT2D eigenvalue weighted by Crippen LogP contribution is -3.13. The van der Waals surface area contributed by atoms with Crippen LogP contribution in [0, 0.1) is 0 Å². The number of benzene rings is 1. The summed E-state index contributed by atoms with van der Waals surface area (Å²) in [6.07, 6.45) is 6.99. The third kappa shape index (κ3) is 5.00. The molecule has 3 heterocycles. The normalized spacial score (nSPS) is 21.1. The van der Waals surface area contributed by atoms with Crippen molar-refractivity contribution in [3.8, 4) is 0 Å². The highest BCUT2D eigenvalue weighted by Gasteiger charge is 2.47. The van der Waals surface area contributed by atoms with Crippen LogP contribution in [0.25, 0.3) is 5.76 Å². The maximum Gasteiger partial charge on any atom is 0.295 e. The van der Waals surface area contributed by atoms with Crippen molar-refractivity contribution >= 4 is 27.5 Å². The van der Waals surface area contributed by atoms with Gasteiger partial charge in [0, 0.05) is 31.3 Å². The van der Waals surface area contributed by atoms with E-state index in [1.165, 1.54) is 49.7 Å². The van der Waals surface area contributed by atoms with E-state index in [1.54, 1.807) is 23.4 Å². The molecule has 0 radical (unpaired) electrons. The number of likely N-dealkylation sites (tertiary alicyclic amines) is 2. The van der Waals surface area contributed by atoms with Crippen molar-refractivity contribution in [1.29, 1.82) is 0 Å². The van der Waals surface area contributed by atoms with Crippen molar-refractivity contribution in [3.63, 3.8) is 0 Å². The van der Waals surface area contributed by atoms with Crippen LogP contribution in [0.1, 0.15) is 36.4 Å². The van der Waals surface area contributed by atoms with Gasteiger partial charge in [-0.2, -0.15) is 0 Å². The SMILES string of the molecule is CN(C)S(=O)(=O)c1ccc(C(O)=C2C(=O)C(=O)N(CC[NH+]3CCCCC3)C2c2ccc[nH+]c2)cc1. The maximum absolute atomic E-state index is 13.2. The van der Waals surface area contributed by atoms with Crippen LogP contribution in [0.5, 0.6) is 0 Å². The van der Waals surface area contributed by atoms with Crippen molar-refractivity contribution in [2.75, 3.05) is 40.3 Å². The van der Waals surface area contributed by atoms with Gasteiger partial charge in [-0.05, 0) is 49.6 Å². The Morgan fingerprint density at radius 1 is 1.11 bits per heavy atom. The molecule has 1 aromatic heterocycles. The molecule has 186 valence electrons. The fraction of sp³-hybridized carbons (Fsp3) is 0.400. The number of quaternary nitrogens is 1. The summed E-state index contributed by atoms with van der Waals surface area (Å²) < 4.78 is 25.9. The Bertz CT molecular complexity index is 1220. The van der Waals surface area contributed by atoms with Crippen LogP contribution in [0.2, 0.25) is 0 Å². The summed E-state index contributed by atoms with van der Waals surface area (Å²) in [5.74, 6) is -1.70. The molecule has 0 saturated carbocycles. The van der Waals surface area contributed by atoms with E-state index in [-0.39, 0.29) is 21.8 Å². The molecule has 2 aliphatic rings. The second-order valence-electron chi connectivity index (χ2n) is 9.20. The largest absolute Gasteiger partial charge is 0.507 e. The molecule has 9 nitrogen and oxygen atoms in total. The fourth-order valence-electron chi connectivity index (χ4n) is 4.77. The van der Waals surface area contributed by atoms with E-state index in [2.05, 4.69) is 4.98 Å². The van der Waals surface area contributed by atoms with E-state index < -0.39 is 27.8 Å². The van der Waals surface area contributed by atoms with Gasteiger partial charge in [-0.25, -0.2) is 17.7 Å². The quantitative estimate of drug-likeness (QED) is 0.321. The third-order valence-electron chi connectivity index (χ3n) is 6.76. The van der Waals surface area contributed by atoms with Crippen molar-refractivity contribution in [2.45, 2.75) is 30.2 Å². The van der Waals surface area contributed by atoms with E-state index in [0.29, 0.717) is 12.1 Å². The van der Waals surface area contributed by atoms with Crippen LogP contribution >= 0.6 is 0 Å². The molecule has 1 atom stereocenters. The number of carbonyl (C=O) groups is 2. The molecule has 3 N–H and O–H groups in total. The molecule has 0 bridgehead atoms. The Balaban J connectivity index is 1.71. The number of ketones is 1. The van der Waals surface area contributed by atoms with Crippen molar-refractivity contribution in [1.82, 2.24) is 9.21 Å². The van der Waals surface area contributed by atoms with Gasteiger partial charge < -0.3 is 14.9 Å². The standard InChI is InChI=1S/C25H30N4O5S/c1-27(2)35(33,34)20-10-8-18(9-11-20)23(30)21-22(19-7-6-12-26-17-19)29(25(32)24(21)31)16-15-28-13-4-3-5-14-28/h6-12,17,22,30H,3-5,13-16H2,1-2H3/p+2. The Hall–Kier alpha value is -3.08. The van der Waals surface area contributed by atoms with Gasteiger partial charge in [0.05, 0.1) is 42.7 Å². The molecule has 1 aromatic carbocycles. The summed E-state index contributed by atoms with van der Waals surface area (Å²) in [6, 6.07) is 8.52. The molecular formula is C25H32N4O5S+2. The first kappa shape index (κ1) is 25.0. The van der Waals surface area contributed by atoms with Crippen LogP contribution in [0.3, 0.4) is 0 Å². The molecule has 1 unspecified atom stereocenters. The van der Waals surface area contributed by atoms with Gasteiger partial charge in [0.25, 0.3) is 11.7 Å². The van der Waals surface area contributed by atoms with Crippen molar-refractivity contribution < 1.29 is 33.0 Å². The number of aromatic nitrogens is 1. The van der Waals surface area contributed by atoms with Crippen LogP contribution in [0.15, 0.2) is 59.3 Å². The number of piperidine rings is 1. The number of rotatable bonds is 7. The van der Waals surface area contributed by atoms with Gasteiger partial charge in [-0.1, -0.05) is 0 Å². The second kappa shape index (κ2) is 10.3.